The van der Waals surface area contributed by atoms with Crippen LogP contribution in [0.4, 0.5) is 0 Å². The molecule has 5 heteroatoms. The van der Waals surface area contributed by atoms with E-state index in [-0.39, 0.29) is 0 Å². The Morgan fingerprint density at radius 2 is 2.19 bits per heavy atom. The number of carboxylic acid groups (broad SMARTS) is 1. The van der Waals surface area contributed by atoms with Crippen molar-refractivity contribution in [2.75, 3.05) is 0 Å². The smallest absolute Gasteiger partial charge is 0.335 e. The molecular weight excluding hydrogens is 284 g/mol. The molecule has 0 radical (unpaired) electrons. The van der Waals surface area contributed by atoms with Crippen molar-refractivity contribution in [3.05, 3.63) is 65.6 Å². The summed E-state index contributed by atoms with van der Waals surface area (Å²) in [5, 5.41) is 9.15. The number of rotatable bonds is 4. The van der Waals surface area contributed by atoms with E-state index in [1.54, 1.807) is 24.8 Å². The fourth-order valence-electron chi connectivity index (χ4n) is 2.14. The number of carbonyl (C=O) groups is 1. The average Bonchev–Trinajstić information content (AvgIpc) is 2.89. The van der Waals surface area contributed by atoms with Crippen LogP contribution in [0.1, 0.15) is 21.6 Å². The van der Waals surface area contributed by atoms with E-state index in [2.05, 4.69) is 4.98 Å². The van der Waals surface area contributed by atoms with E-state index >= 15 is 0 Å². The number of benzene rings is 1. The maximum Gasteiger partial charge on any atom is 0.335 e. The lowest BCUT2D eigenvalue weighted by Gasteiger charge is -2.04. The topological polar surface area (TPSA) is 54.6 Å². The molecule has 0 saturated carbocycles. The van der Waals surface area contributed by atoms with Crippen LogP contribution in [0.3, 0.4) is 0 Å². The second-order valence-electron chi connectivity index (χ2n) is 4.77. The molecular formula is C16H14N2O2S. The maximum absolute atomic E-state index is 11.1. The van der Waals surface area contributed by atoms with Crippen molar-refractivity contribution in [1.82, 2.24) is 9.38 Å². The third kappa shape index (κ3) is 2.92. The predicted molar refractivity (Wildman–Crippen MR) is 82.9 cm³/mol. The Balaban J connectivity index is 1.78. The van der Waals surface area contributed by atoms with Gasteiger partial charge in [0, 0.05) is 23.0 Å². The van der Waals surface area contributed by atoms with Gasteiger partial charge in [0.1, 0.15) is 5.65 Å². The monoisotopic (exact) mass is 298 g/mol. The number of hydrogen-bond acceptors (Lipinski definition) is 3. The van der Waals surface area contributed by atoms with Gasteiger partial charge in [-0.1, -0.05) is 12.1 Å². The molecule has 3 aromatic rings. The van der Waals surface area contributed by atoms with Gasteiger partial charge in [-0.3, -0.25) is 0 Å². The number of thioether (sulfide) groups is 1. The van der Waals surface area contributed by atoms with Gasteiger partial charge in [-0.2, -0.15) is 0 Å². The highest BCUT2D eigenvalue weighted by atomic mass is 32.2. The second kappa shape index (κ2) is 5.61. The molecule has 1 N–H and O–H groups in total. The van der Waals surface area contributed by atoms with Crippen LogP contribution in [-0.4, -0.2) is 20.5 Å². The molecule has 0 amide bonds. The van der Waals surface area contributed by atoms with Crippen LogP contribution in [0, 0.1) is 6.92 Å². The van der Waals surface area contributed by atoms with E-state index in [1.165, 1.54) is 0 Å². The van der Waals surface area contributed by atoms with Crippen LogP contribution in [-0.2, 0) is 5.75 Å². The summed E-state index contributed by atoms with van der Waals surface area (Å²) < 4.78 is 1.98. The van der Waals surface area contributed by atoms with E-state index in [9.17, 15) is 4.79 Å². The number of hydrogen-bond donors (Lipinski definition) is 1. The molecule has 21 heavy (non-hydrogen) atoms. The summed E-state index contributed by atoms with van der Waals surface area (Å²) in [6, 6.07) is 11.4. The molecule has 3 rings (SSSR count). The van der Waals surface area contributed by atoms with Gasteiger partial charge >= 0.3 is 5.97 Å². The van der Waals surface area contributed by atoms with Crippen molar-refractivity contribution in [2.24, 2.45) is 0 Å². The van der Waals surface area contributed by atoms with Gasteiger partial charge in [-0.15, -0.1) is 11.8 Å². The quantitative estimate of drug-likeness (QED) is 0.747. The molecule has 0 aliphatic carbocycles. The number of aryl methyl sites for hydroxylation is 1. The molecule has 4 nitrogen and oxygen atoms in total. The van der Waals surface area contributed by atoms with E-state index in [1.807, 2.05) is 47.1 Å². The summed E-state index contributed by atoms with van der Waals surface area (Å²) in [4.78, 5) is 16.6. The van der Waals surface area contributed by atoms with Crippen molar-refractivity contribution in [1.29, 1.82) is 0 Å². The van der Waals surface area contributed by atoms with E-state index < -0.39 is 5.97 Å². The first-order chi connectivity index (χ1) is 10.1. The van der Waals surface area contributed by atoms with Crippen molar-refractivity contribution in [2.45, 2.75) is 17.6 Å². The minimum atomic E-state index is -0.886. The fourth-order valence-corrected chi connectivity index (χ4v) is 2.95. The zero-order valence-corrected chi connectivity index (χ0v) is 12.3. The number of aromatic nitrogens is 2. The fraction of sp³-hybridized carbons (Fsp3) is 0.125. The predicted octanol–water partition coefficient (Wildman–Crippen LogP) is 3.63. The number of pyridine rings is 1. The summed E-state index contributed by atoms with van der Waals surface area (Å²) in [5.41, 5.74) is 3.03. The van der Waals surface area contributed by atoms with E-state index in [0.717, 1.165) is 21.8 Å². The minimum Gasteiger partial charge on any atom is -0.478 e. The lowest BCUT2D eigenvalue weighted by atomic mass is 10.1. The SMILES string of the molecule is Cc1ccc(SCc2cn3ccccc3n2)cc1C(=O)O. The highest BCUT2D eigenvalue weighted by molar-refractivity contribution is 7.98. The van der Waals surface area contributed by atoms with Crippen LogP contribution in [0.15, 0.2) is 53.7 Å². The second-order valence-corrected chi connectivity index (χ2v) is 5.82. The van der Waals surface area contributed by atoms with Crippen molar-refractivity contribution in [3.63, 3.8) is 0 Å². The number of imidazole rings is 1. The third-order valence-electron chi connectivity index (χ3n) is 3.24. The molecule has 0 aliphatic rings. The normalized spacial score (nSPS) is 10.9. The molecule has 0 unspecified atom stereocenters. The molecule has 0 spiro atoms. The molecule has 2 heterocycles. The summed E-state index contributed by atoms with van der Waals surface area (Å²) in [6.07, 6.45) is 3.96. The van der Waals surface area contributed by atoms with Gasteiger partial charge < -0.3 is 9.51 Å². The standard InChI is InChI=1S/C16H14N2O2S/c1-11-5-6-13(8-14(11)16(19)20)21-10-12-9-18-7-3-2-4-15(18)17-12/h2-9H,10H2,1H3,(H,19,20). The Hall–Kier alpha value is -2.27. The molecule has 0 bridgehead atoms. The van der Waals surface area contributed by atoms with Crippen molar-refractivity contribution >= 4 is 23.4 Å². The third-order valence-corrected chi connectivity index (χ3v) is 4.27. The summed E-state index contributed by atoms with van der Waals surface area (Å²) in [6.45, 7) is 1.81. The highest BCUT2D eigenvalue weighted by Crippen LogP contribution is 2.25. The van der Waals surface area contributed by atoms with Gasteiger partial charge in [0.25, 0.3) is 0 Å². The Morgan fingerprint density at radius 1 is 1.33 bits per heavy atom. The largest absolute Gasteiger partial charge is 0.478 e. The van der Waals surface area contributed by atoms with Crippen LogP contribution in [0.2, 0.25) is 0 Å². The van der Waals surface area contributed by atoms with Crippen LogP contribution in [0.25, 0.3) is 5.65 Å². The Kier molecular flexibility index (Phi) is 3.66. The molecule has 106 valence electrons. The maximum atomic E-state index is 11.1. The zero-order chi connectivity index (χ0) is 14.8. The first-order valence-corrected chi connectivity index (χ1v) is 7.51. The average molecular weight is 298 g/mol. The van der Waals surface area contributed by atoms with Crippen LogP contribution >= 0.6 is 11.8 Å². The molecule has 0 atom stereocenters. The lowest BCUT2D eigenvalue weighted by Crippen LogP contribution is -1.99. The Bertz CT molecular complexity index is 778. The van der Waals surface area contributed by atoms with Crippen molar-refractivity contribution < 1.29 is 9.90 Å². The highest BCUT2D eigenvalue weighted by Gasteiger charge is 2.09. The van der Waals surface area contributed by atoms with Gasteiger partial charge in [-0.25, -0.2) is 9.78 Å². The molecule has 1 aromatic carbocycles. The van der Waals surface area contributed by atoms with E-state index in [4.69, 9.17) is 5.11 Å². The molecule has 0 fully saturated rings. The number of nitrogens with zero attached hydrogens (tertiary/aromatic N) is 2. The number of carboxylic acids is 1. The molecule has 0 saturated heterocycles. The zero-order valence-electron chi connectivity index (χ0n) is 11.5. The summed E-state index contributed by atoms with van der Waals surface area (Å²) >= 11 is 1.59. The van der Waals surface area contributed by atoms with Crippen LogP contribution < -0.4 is 0 Å². The Labute approximate surface area is 126 Å². The van der Waals surface area contributed by atoms with Crippen molar-refractivity contribution in [3.8, 4) is 0 Å². The summed E-state index contributed by atoms with van der Waals surface area (Å²) in [5.74, 6) is -0.174. The first kappa shape index (κ1) is 13.7. The molecule has 0 aliphatic heterocycles. The van der Waals surface area contributed by atoms with Gasteiger partial charge in [-0.05, 0) is 36.8 Å². The van der Waals surface area contributed by atoms with Gasteiger partial charge in [0.05, 0.1) is 11.3 Å². The Morgan fingerprint density at radius 3 is 2.95 bits per heavy atom. The van der Waals surface area contributed by atoms with Crippen LogP contribution in [0.5, 0.6) is 0 Å². The number of fused-ring (bicyclic) bond motifs is 1. The van der Waals surface area contributed by atoms with Gasteiger partial charge in [0.15, 0.2) is 0 Å². The minimum absolute atomic E-state index is 0.356. The van der Waals surface area contributed by atoms with E-state index in [0.29, 0.717) is 11.3 Å². The lowest BCUT2D eigenvalue weighted by molar-refractivity contribution is 0.0696. The molecule has 2 aromatic heterocycles. The van der Waals surface area contributed by atoms with Gasteiger partial charge in [0.2, 0.25) is 0 Å². The summed E-state index contributed by atoms with van der Waals surface area (Å²) in [7, 11) is 0. The first-order valence-electron chi connectivity index (χ1n) is 6.53. The number of aromatic carboxylic acids is 1.